The van der Waals surface area contributed by atoms with Gasteiger partial charge in [-0.25, -0.2) is 0 Å². The summed E-state index contributed by atoms with van der Waals surface area (Å²) in [4.78, 5) is 15.0. The summed E-state index contributed by atoms with van der Waals surface area (Å²) in [5.41, 5.74) is 2.05. The summed E-state index contributed by atoms with van der Waals surface area (Å²) in [7, 11) is 3.21. The van der Waals surface area contributed by atoms with E-state index < -0.39 is 0 Å². The van der Waals surface area contributed by atoms with Crippen molar-refractivity contribution in [1.29, 1.82) is 0 Å². The largest absolute Gasteiger partial charge is 0.493 e. The highest BCUT2D eigenvalue weighted by Gasteiger charge is 2.48. The van der Waals surface area contributed by atoms with Crippen LogP contribution in [0.2, 0.25) is 0 Å². The third kappa shape index (κ3) is 2.65. The van der Waals surface area contributed by atoms with E-state index in [2.05, 4.69) is 0 Å². The Hall–Kier alpha value is -2.53. The smallest absolute Gasteiger partial charge is 0.232 e. The first-order valence-electron chi connectivity index (χ1n) is 8.43. The molecular formula is C20H21NO4. The van der Waals surface area contributed by atoms with Crippen molar-refractivity contribution in [3.63, 3.8) is 0 Å². The van der Waals surface area contributed by atoms with Crippen LogP contribution in [0.4, 0.5) is 0 Å². The van der Waals surface area contributed by atoms with Gasteiger partial charge in [0.25, 0.3) is 0 Å². The number of carbonyl (C=O) groups excluding carboxylic acids is 1. The Bertz CT molecular complexity index is 777. The molecule has 1 amide bonds. The van der Waals surface area contributed by atoms with Crippen LogP contribution in [0.25, 0.3) is 0 Å². The molecule has 2 fully saturated rings. The highest BCUT2D eigenvalue weighted by atomic mass is 16.5. The Kier molecular flexibility index (Phi) is 4.09. The molecule has 2 saturated heterocycles. The van der Waals surface area contributed by atoms with Gasteiger partial charge in [-0.15, -0.1) is 0 Å². The highest BCUT2D eigenvalue weighted by molar-refractivity contribution is 5.87. The molecule has 3 atom stereocenters. The first-order valence-corrected chi connectivity index (χ1v) is 8.43. The fraction of sp³-hybridized carbons (Fsp3) is 0.350. The molecule has 2 aromatic rings. The Labute approximate surface area is 147 Å². The summed E-state index contributed by atoms with van der Waals surface area (Å²) in [5, 5.41) is 0. The third-order valence-corrected chi connectivity index (χ3v) is 5.08. The van der Waals surface area contributed by atoms with Crippen LogP contribution in [-0.2, 0) is 9.53 Å². The van der Waals surface area contributed by atoms with E-state index in [9.17, 15) is 4.79 Å². The van der Waals surface area contributed by atoms with Crippen molar-refractivity contribution in [3.05, 3.63) is 59.7 Å². The molecule has 4 rings (SSSR count). The molecule has 2 aromatic carbocycles. The Morgan fingerprint density at radius 2 is 1.76 bits per heavy atom. The molecule has 0 saturated carbocycles. The van der Waals surface area contributed by atoms with Crippen molar-refractivity contribution in [2.45, 2.75) is 24.6 Å². The maximum Gasteiger partial charge on any atom is 0.232 e. The number of methoxy groups -OCH3 is 2. The van der Waals surface area contributed by atoms with E-state index in [1.165, 1.54) is 0 Å². The number of carbonyl (C=O) groups is 1. The van der Waals surface area contributed by atoms with Crippen LogP contribution in [0.3, 0.4) is 0 Å². The lowest BCUT2D eigenvalue weighted by molar-refractivity contribution is -0.132. The van der Waals surface area contributed by atoms with Crippen molar-refractivity contribution < 1.29 is 19.0 Å². The number of benzene rings is 2. The first kappa shape index (κ1) is 16.0. The Morgan fingerprint density at radius 1 is 1.00 bits per heavy atom. The van der Waals surface area contributed by atoms with E-state index in [1.807, 2.05) is 53.4 Å². The monoisotopic (exact) mass is 339 g/mol. The lowest BCUT2D eigenvalue weighted by Gasteiger charge is -2.23. The molecule has 0 bridgehead atoms. The predicted octanol–water partition coefficient (Wildman–Crippen LogP) is 3.12. The molecule has 25 heavy (non-hydrogen) atoms. The molecule has 2 aliphatic heterocycles. The van der Waals surface area contributed by atoms with E-state index in [0.717, 1.165) is 11.1 Å². The molecule has 0 aromatic heterocycles. The van der Waals surface area contributed by atoms with Gasteiger partial charge in [0.15, 0.2) is 11.5 Å². The van der Waals surface area contributed by atoms with Crippen LogP contribution >= 0.6 is 0 Å². The zero-order valence-electron chi connectivity index (χ0n) is 14.3. The molecule has 1 unspecified atom stereocenters. The topological polar surface area (TPSA) is 48.0 Å². The highest BCUT2D eigenvalue weighted by Crippen LogP contribution is 2.44. The van der Waals surface area contributed by atoms with Crippen LogP contribution in [0, 0.1) is 0 Å². The minimum atomic E-state index is -0.212. The number of hydrogen-bond donors (Lipinski definition) is 0. The molecular weight excluding hydrogens is 318 g/mol. The van der Waals surface area contributed by atoms with Gasteiger partial charge in [-0.2, -0.15) is 0 Å². The number of rotatable bonds is 4. The molecule has 2 heterocycles. The van der Waals surface area contributed by atoms with Crippen LogP contribution < -0.4 is 9.47 Å². The second-order valence-corrected chi connectivity index (χ2v) is 6.36. The standard InChI is InChI=1S/C20H21NO4/c1-23-17-9-8-14(10-18(17)24-2)15-11-19-21(20(15)22)16(12-25-19)13-6-4-3-5-7-13/h3-10,15-16,19H,11-12H2,1-2H3/t15?,16-,19-/m1/s1. The predicted molar refractivity (Wildman–Crippen MR) is 92.7 cm³/mol. The lowest BCUT2D eigenvalue weighted by atomic mass is 9.96. The van der Waals surface area contributed by atoms with Gasteiger partial charge < -0.3 is 19.1 Å². The quantitative estimate of drug-likeness (QED) is 0.859. The van der Waals surface area contributed by atoms with Crippen molar-refractivity contribution in [3.8, 4) is 11.5 Å². The summed E-state index contributed by atoms with van der Waals surface area (Å²) in [6, 6.07) is 15.7. The van der Waals surface area contributed by atoms with Crippen LogP contribution in [0.1, 0.15) is 29.5 Å². The molecule has 5 heteroatoms. The van der Waals surface area contributed by atoms with Crippen molar-refractivity contribution in [2.24, 2.45) is 0 Å². The lowest BCUT2D eigenvalue weighted by Crippen LogP contribution is -2.31. The maximum atomic E-state index is 13.1. The minimum Gasteiger partial charge on any atom is -0.493 e. The zero-order valence-corrected chi connectivity index (χ0v) is 14.3. The Balaban J connectivity index is 1.62. The molecule has 0 radical (unpaired) electrons. The van der Waals surface area contributed by atoms with E-state index >= 15 is 0 Å². The summed E-state index contributed by atoms with van der Waals surface area (Å²) in [6.45, 7) is 0.555. The van der Waals surface area contributed by atoms with Crippen molar-refractivity contribution in [1.82, 2.24) is 4.90 Å². The molecule has 0 aliphatic carbocycles. The summed E-state index contributed by atoms with van der Waals surface area (Å²) < 4.78 is 16.6. The van der Waals surface area contributed by atoms with Gasteiger partial charge in [0.1, 0.15) is 6.23 Å². The second-order valence-electron chi connectivity index (χ2n) is 6.36. The van der Waals surface area contributed by atoms with Gasteiger partial charge in [0, 0.05) is 6.42 Å². The number of amides is 1. The average Bonchev–Trinajstić information content (AvgIpc) is 3.22. The van der Waals surface area contributed by atoms with Crippen LogP contribution in [-0.4, -0.2) is 37.9 Å². The summed E-state index contributed by atoms with van der Waals surface area (Å²) in [6.07, 6.45) is 0.508. The average molecular weight is 339 g/mol. The van der Waals surface area contributed by atoms with Crippen molar-refractivity contribution >= 4 is 5.91 Å². The van der Waals surface area contributed by atoms with E-state index in [4.69, 9.17) is 14.2 Å². The maximum absolute atomic E-state index is 13.1. The zero-order chi connectivity index (χ0) is 17.4. The van der Waals surface area contributed by atoms with Gasteiger partial charge >= 0.3 is 0 Å². The van der Waals surface area contributed by atoms with Crippen LogP contribution in [0.15, 0.2) is 48.5 Å². The first-order chi connectivity index (χ1) is 12.2. The number of hydrogen-bond acceptors (Lipinski definition) is 4. The van der Waals surface area contributed by atoms with E-state index in [0.29, 0.717) is 24.5 Å². The minimum absolute atomic E-state index is 0.0103. The van der Waals surface area contributed by atoms with E-state index in [1.54, 1.807) is 14.2 Å². The van der Waals surface area contributed by atoms with Gasteiger partial charge in [-0.05, 0) is 23.3 Å². The summed E-state index contributed by atoms with van der Waals surface area (Å²) in [5.74, 6) is 1.20. The molecule has 130 valence electrons. The SMILES string of the molecule is COc1ccc(C2C[C@H]3OC[C@H](c4ccccc4)N3C2=O)cc1OC. The summed E-state index contributed by atoms with van der Waals surface area (Å²) >= 11 is 0. The van der Waals surface area contributed by atoms with Gasteiger partial charge in [0.05, 0.1) is 32.8 Å². The molecule has 0 N–H and O–H groups in total. The number of nitrogens with zero attached hydrogens (tertiary/aromatic N) is 1. The number of ether oxygens (including phenoxy) is 3. The fourth-order valence-corrected chi connectivity index (χ4v) is 3.80. The fourth-order valence-electron chi connectivity index (χ4n) is 3.80. The van der Waals surface area contributed by atoms with Crippen molar-refractivity contribution in [2.75, 3.05) is 20.8 Å². The molecule has 5 nitrogen and oxygen atoms in total. The van der Waals surface area contributed by atoms with Crippen LogP contribution in [0.5, 0.6) is 11.5 Å². The second kappa shape index (κ2) is 6.41. The Morgan fingerprint density at radius 3 is 2.48 bits per heavy atom. The van der Waals surface area contributed by atoms with Gasteiger partial charge in [-0.3, -0.25) is 4.79 Å². The van der Waals surface area contributed by atoms with Gasteiger partial charge in [0.2, 0.25) is 5.91 Å². The van der Waals surface area contributed by atoms with Gasteiger partial charge in [-0.1, -0.05) is 36.4 Å². The normalized spacial score (nSPS) is 25.1. The molecule has 0 spiro atoms. The van der Waals surface area contributed by atoms with E-state index in [-0.39, 0.29) is 24.1 Å². The number of fused-ring (bicyclic) bond motifs is 1. The molecule has 2 aliphatic rings. The third-order valence-electron chi connectivity index (χ3n) is 5.08.